The van der Waals surface area contributed by atoms with Gasteiger partial charge in [-0.25, -0.2) is 0 Å². The minimum absolute atomic E-state index is 0.281. The average Bonchev–Trinajstić information content (AvgIpc) is 3.02. The van der Waals surface area contributed by atoms with E-state index in [9.17, 15) is 4.79 Å². The van der Waals surface area contributed by atoms with Crippen molar-refractivity contribution in [3.63, 3.8) is 0 Å². The molecule has 1 unspecified atom stereocenters. The first-order valence-electron chi connectivity index (χ1n) is 6.52. The molecule has 0 bridgehead atoms. The number of nitrogens with zero attached hydrogens (tertiary/aromatic N) is 2. The molecule has 0 spiro atoms. The number of hydrogen-bond donors (Lipinski definition) is 1. The number of rotatable bonds is 4. The predicted octanol–water partition coefficient (Wildman–Crippen LogP) is 2.35. The van der Waals surface area contributed by atoms with Crippen molar-refractivity contribution in [2.45, 2.75) is 12.8 Å². The Hall–Kier alpha value is -1.36. The Morgan fingerprint density at radius 3 is 3.16 bits per heavy atom. The molecule has 1 N–H and O–H groups in total. The van der Waals surface area contributed by atoms with E-state index in [1.165, 1.54) is 5.56 Å². The van der Waals surface area contributed by atoms with Crippen LogP contribution in [-0.4, -0.2) is 39.4 Å². The van der Waals surface area contributed by atoms with E-state index in [-0.39, 0.29) is 5.91 Å². The SMILES string of the molecule is O=C1CC(CBr)CN1CCc1cccc2[nH]ncc12. The summed E-state index contributed by atoms with van der Waals surface area (Å²) in [5, 5.41) is 9.11. The summed E-state index contributed by atoms with van der Waals surface area (Å²) in [5.74, 6) is 0.751. The average molecular weight is 322 g/mol. The Labute approximate surface area is 120 Å². The number of fused-ring (bicyclic) bond motifs is 1. The molecule has 4 nitrogen and oxygen atoms in total. The largest absolute Gasteiger partial charge is 0.342 e. The minimum Gasteiger partial charge on any atom is -0.342 e. The van der Waals surface area contributed by atoms with Crippen LogP contribution in [0.1, 0.15) is 12.0 Å². The quantitative estimate of drug-likeness (QED) is 0.879. The lowest BCUT2D eigenvalue weighted by atomic mass is 10.1. The third-order valence-electron chi connectivity index (χ3n) is 3.74. The second-order valence-electron chi connectivity index (χ2n) is 5.06. The van der Waals surface area contributed by atoms with Gasteiger partial charge in [0.05, 0.1) is 11.7 Å². The number of carbonyl (C=O) groups is 1. The maximum absolute atomic E-state index is 11.9. The first-order chi connectivity index (χ1) is 9.28. The summed E-state index contributed by atoms with van der Waals surface area (Å²) in [4.78, 5) is 13.8. The summed E-state index contributed by atoms with van der Waals surface area (Å²) in [7, 11) is 0. The molecule has 1 amide bonds. The highest BCUT2D eigenvalue weighted by atomic mass is 79.9. The van der Waals surface area contributed by atoms with Gasteiger partial charge in [-0.05, 0) is 24.0 Å². The normalized spacial score (nSPS) is 19.5. The number of likely N-dealkylation sites (tertiary alicyclic amines) is 1. The van der Waals surface area contributed by atoms with Gasteiger partial charge in [-0.1, -0.05) is 28.1 Å². The fourth-order valence-corrected chi connectivity index (χ4v) is 3.11. The highest BCUT2D eigenvalue weighted by Crippen LogP contribution is 2.21. The predicted molar refractivity (Wildman–Crippen MR) is 78.3 cm³/mol. The zero-order valence-electron chi connectivity index (χ0n) is 10.6. The molecule has 0 saturated carbocycles. The van der Waals surface area contributed by atoms with E-state index < -0.39 is 0 Å². The molecule has 3 rings (SSSR count). The van der Waals surface area contributed by atoms with Crippen LogP contribution >= 0.6 is 15.9 Å². The highest BCUT2D eigenvalue weighted by molar-refractivity contribution is 9.09. The first-order valence-corrected chi connectivity index (χ1v) is 7.65. The van der Waals surface area contributed by atoms with Crippen LogP contribution in [0.4, 0.5) is 0 Å². The molecule has 1 saturated heterocycles. The zero-order valence-corrected chi connectivity index (χ0v) is 12.2. The standard InChI is InChI=1S/C14H16BrN3O/c15-7-10-6-14(19)18(9-10)5-4-11-2-1-3-13-12(11)8-16-17-13/h1-3,8,10H,4-7,9H2,(H,16,17). The number of amides is 1. The molecule has 1 aliphatic heterocycles. The molecular formula is C14H16BrN3O. The van der Waals surface area contributed by atoms with Crippen LogP contribution in [0.3, 0.4) is 0 Å². The van der Waals surface area contributed by atoms with Gasteiger partial charge in [0, 0.05) is 30.2 Å². The zero-order chi connectivity index (χ0) is 13.2. The van der Waals surface area contributed by atoms with Crippen LogP contribution < -0.4 is 0 Å². The maximum Gasteiger partial charge on any atom is 0.222 e. The number of H-pyrrole nitrogens is 1. The van der Waals surface area contributed by atoms with Crippen molar-refractivity contribution in [3.8, 4) is 0 Å². The summed E-state index contributed by atoms with van der Waals surface area (Å²) in [6.07, 6.45) is 3.43. The summed E-state index contributed by atoms with van der Waals surface area (Å²) < 4.78 is 0. The number of benzene rings is 1. The molecule has 1 fully saturated rings. The lowest BCUT2D eigenvalue weighted by Gasteiger charge is -2.16. The van der Waals surface area contributed by atoms with Crippen molar-refractivity contribution >= 4 is 32.7 Å². The van der Waals surface area contributed by atoms with E-state index >= 15 is 0 Å². The third-order valence-corrected chi connectivity index (χ3v) is 4.65. The number of aromatic nitrogens is 2. The number of nitrogens with one attached hydrogen (secondary N) is 1. The summed E-state index contributed by atoms with van der Waals surface area (Å²) in [6.45, 7) is 1.68. The third kappa shape index (κ3) is 2.52. The van der Waals surface area contributed by atoms with Crippen LogP contribution in [0.15, 0.2) is 24.4 Å². The second kappa shape index (κ2) is 5.33. The Balaban J connectivity index is 1.69. The van der Waals surface area contributed by atoms with Crippen LogP contribution in [0.5, 0.6) is 0 Å². The summed E-state index contributed by atoms with van der Waals surface area (Å²) in [5.41, 5.74) is 2.31. The second-order valence-corrected chi connectivity index (χ2v) is 5.71. The Bertz CT molecular complexity index is 595. The van der Waals surface area contributed by atoms with Gasteiger partial charge in [-0.15, -0.1) is 0 Å². The van der Waals surface area contributed by atoms with E-state index in [4.69, 9.17) is 0 Å². The number of aromatic amines is 1. The molecule has 100 valence electrons. The van der Waals surface area contributed by atoms with Crippen LogP contribution in [0, 0.1) is 5.92 Å². The van der Waals surface area contributed by atoms with Crippen LogP contribution in [0.2, 0.25) is 0 Å². The van der Waals surface area contributed by atoms with Gasteiger partial charge < -0.3 is 4.90 Å². The minimum atomic E-state index is 0.281. The van der Waals surface area contributed by atoms with Gasteiger partial charge in [0.15, 0.2) is 0 Å². The van der Waals surface area contributed by atoms with E-state index in [1.807, 2.05) is 23.2 Å². The summed E-state index contributed by atoms with van der Waals surface area (Å²) in [6, 6.07) is 6.16. The van der Waals surface area contributed by atoms with Crippen molar-refractivity contribution in [2.24, 2.45) is 5.92 Å². The molecule has 1 aromatic carbocycles. The van der Waals surface area contributed by atoms with Crippen molar-refractivity contribution in [1.82, 2.24) is 15.1 Å². The van der Waals surface area contributed by atoms with Crippen molar-refractivity contribution in [2.75, 3.05) is 18.4 Å². The number of halogens is 1. The molecule has 0 aliphatic carbocycles. The van der Waals surface area contributed by atoms with Gasteiger partial charge >= 0.3 is 0 Å². The molecule has 1 aliphatic rings. The van der Waals surface area contributed by atoms with Crippen LogP contribution in [-0.2, 0) is 11.2 Å². The van der Waals surface area contributed by atoms with E-state index in [0.717, 1.165) is 35.7 Å². The molecule has 2 aromatic rings. The molecular weight excluding hydrogens is 306 g/mol. The smallest absolute Gasteiger partial charge is 0.222 e. The number of carbonyl (C=O) groups excluding carboxylic acids is 1. The fourth-order valence-electron chi connectivity index (χ4n) is 2.68. The van der Waals surface area contributed by atoms with Gasteiger partial charge in [0.2, 0.25) is 5.91 Å². The molecule has 0 radical (unpaired) electrons. The first kappa shape index (κ1) is 12.7. The van der Waals surface area contributed by atoms with Gasteiger partial charge in [-0.2, -0.15) is 5.10 Å². The lowest BCUT2D eigenvalue weighted by Crippen LogP contribution is -2.27. The Kier molecular flexibility index (Phi) is 3.55. The van der Waals surface area contributed by atoms with Crippen molar-refractivity contribution < 1.29 is 4.79 Å². The molecule has 1 aromatic heterocycles. The summed E-state index contributed by atoms with van der Waals surface area (Å²) >= 11 is 3.46. The lowest BCUT2D eigenvalue weighted by molar-refractivity contribution is -0.127. The van der Waals surface area contributed by atoms with E-state index in [2.05, 4.69) is 32.2 Å². The van der Waals surface area contributed by atoms with Crippen molar-refractivity contribution in [3.05, 3.63) is 30.0 Å². The van der Waals surface area contributed by atoms with Gasteiger partial charge in [0.25, 0.3) is 0 Å². The fraction of sp³-hybridized carbons (Fsp3) is 0.429. The molecule has 19 heavy (non-hydrogen) atoms. The maximum atomic E-state index is 11.9. The van der Waals surface area contributed by atoms with E-state index in [0.29, 0.717) is 12.3 Å². The van der Waals surface area contributed by atoms with Crippen molar-refractivity contribution in [1.29, 1.82) is 0 Å². The molecule has 5 heteroatoms. The Morgan fingerprint density at radius 1 is 1.47 bits per heavy atom. The molecule has 1 atom stereocenters. The van der Waals surface area contributed by atoms with Crippen LogP contribution in [0.25, 0.3) is 10.9 Å². The van der Waals surface area contributed by atoms with Gasteiger partial charge in [-0.3, -0.25) is 9.89 Å². The monoisotopic (exact) mass is 321 g/mol. The van der Waals surface area contributed by atoms with E-state index in [1.54, 1.807) is 0 Å². The van der Waals surface area contributed by atoms with Gasteiger partial charge in [0.1, 0.15) is 0 Å². The topological polar surface area (TPSA) is 49.0 Å². The number of hydrogen-bond acceptors (Lipinski definition) is 2. The highest BCUT2D eigenvalue weighted by Gasteiger charge is 2.28. The molecule has 2 heterocycles. The number of alkyl halides is 1. The Morgan fingerprint density at radius 2 is 2.37 bits per heavy atom.